The number of rotatable bonds is 6. The maximum absolute atomic E-state index is 12.4. The Morgan fingerprint density at radius 3 is 2.22 bits per heavy atom. The summed E-state index contributed by atoms with van der Waals surface area (Å²) < 4.78 is 42.4. The molecule has 0 spiro atoms. The van der Waals surface area contributed by atoms with Gasteiger partial charge in [-0.3, -0.25) is 4.90 Å². The van der Waals surface area contributed by atoms with Crippen LogP contribution in [0.5, 0.6) is 0 Å². The Morgan fingerprint density at radius 1 is 1.17 bits per heavy atom. The first-order chi connectivity index (χ1) is 8.41. The van der Waals surface area contributed by atoms with E-state index in [-0.39, 0.29) is 26.3 Å². The second-order valence-corrected chi connectivity index (χ2v) is 4.82. The lowest BCUT2D eigenvalue weighted by molar-refractivity contribution is -0.153. The van der Waals surface area contributed by atoms with Crippen LogP contribution in [0.4, 0.5) is 13.2 Å². The predicted octanol–water partition coefficient (Wildman–Crippen LogP) is 0.632. The number of ether oxygens (including phenoxy) is 1. The second-order valence-electron chi connectivity index (χ2n) is 4.82. The van der Waals surface area contributed by atoms with Crippen LogP contribution >= 0.6 is 0 Å². The molecule has 4 nitrogen and oxygen atoms in total. The highest BCUT2D eigenvalue weighted by Crippen LogP contribution is 2.31. The monoisotopic (exact) mass is 271 g/mol. The van der Waals surface area contributed by atoms with Gasteiger partial charge in [0.25, 0.3) is 0 Å². The normalized spacial score (nSPS) is 20.3. The number of aliphatic hydroxyl groups excluding tert-OH is 2. The first-order valence-electron chi connectivity index (χ1n) is 5.99. The lowest BCUT2D eigenvalue weighted by Crippen LogP contribution is -2.47. The summed E-state index contributed by atoms with van der Waals surface area (Å²) >= 11 is 0. The number of halogens is 3. The Morgan fingerprint density at radius 2 is 1.78 bits per heavy atom. The summed E-state index contributed by atoms with van der Waals surface area (Å²) in [6, 6.07) is 0. The highest BCUT2D eigenvalue weighted by atomic mass is 19.4. The average Bonchev–Trinajstić information content (AvgIpc) is 2.28. The van der Waals surface area contributed by atoms with Gasteiger partial charge in [-0.1, -0.05) is 0 Å². The zero-order valence-corrected chi connectivity index (χ0v) is 10.2. The van der Waals surface area contributed by atoms with E-state index in [4.69, 9.17) is 9.84 Å². The SMILES string of the molecule is OCCN(CC(F)(F)F)CC1(CO)CCOCC1. The van der Waals surface area contributed by atoms with Crippen molar-refractivity contribution in [2.24, 2.45) is 5.41 Å². The Labute approximate surface area is 104 Å². The Bertz CT molecular complexity index is 242. The molecule has 0 amide bonds. The van der Waals surface area contributed by atoms with Gasteiger partial charge in [-0.25, -0.2) is 0 Å². The summed E-state index contributed by atoms with van der Waals surface area (Å²) in [6.07, 6.45) is -3.20. The lowest BCUT2D eigenvalue weighted by Gasteiger charge is -2.39. The number of nitrogens with zero attached hydrogens (tertiary/aromatic N) is 1. The predicted molar refractivity (Wildman–Crippen MR) is 59.2 cm³/mol. The minimum absolute atomic E-state index is 0.0396. The van der Waals surface area contributed by atoms with Crippen LogP contribution in [0.15, 0.2) is 0 Å². The summed E-state index contributed by atoms with van der Waals surface area (Å²) in [5, 5.41) is 18.3. The smallest absolute Gasteiger partial charge is 0.396 e. The van der Waals surface area contributed by atoms with E-state index in [1.807, 2.05) is 0 Å². The van der Waals surface area contributed by atoms with E-state index >= 15 is 0 Å². The Kier molecular flexibility index (Phi) is 5.84. The van der Waals surface area contributed by atoms with Gasteiger partial charge in [0.2, 0.25) is 0 Å². The third-order valence-electron chi connectivity index (χ3n) is 3.27. The molecule has 1 saturated heterocycles. The van der Waals surface area contributed by atoms with Crippen molar-refractivity contribution < 1.29 is 28.1 Å². The number of hydrogen-bond acceptors (Lipinski definition) is 4. The Hall–Kier alpha value is -0.370. The average molecular weight is 271 g/mol. The van der Waals surface area contributed by atoms with Gasteiger partial charge in [-0.15, -0.1) is 0 Å². The van der Waals surface area contributed by atoms with Crippen LogP contribution in [-0.4, -0.2) is 67.4 Å². The van der Waals surface area contributed by atoms with Gasteiger partial charge in [-0.05, 0) is 12.8 Å². The molecule has 1 rings (SSSR count). The van der Waals surface area contributed by atoms with E-state index in [1.54, 1.807) is 0 Å². The molecule has 108 valence electrons. The molecule has 0 aromatic heterocycles. The zero-order valence-electron chi connectivity index (χ0n) is 10.2. The van der Waals surface area contributed by atoms with Crippen molar-refractivity contribution in [2.45, 2.75) is 19.0 Å². The van der Waals surface area contributed by atoms with E-state index in [2.05, 4.69) is 0 Å². The maximum Gasteiger partial charge on any atom is 0.401 e. The van der Waals surface area contributed by atoms with Crippen LogP contribution in [0.2, 0.25) is 0 Å². The van der Waals surface area contributed by atoms with Crippen molar-refractivity contribution in [2.75, 3.05) is 46.1 Å². The van der Waals surface area contributed by atoms with Gasteiger partial charge >= 0.3 is 6.18 Å². The molecule has 0 aromatic carbocycles. The largest absolute Gasteiger partial charge is 0.401 e. The summed E-state index contributed by atoms with van der Waals surface area (Å²) in [4.78, 5) is 1.15. The van der Waals surface area contributed by atoms with Crippen molar-refractivity contribution >= 4 is 0 Å². The number of hydrogen-bond donors (Lipinski definition) is 2. The van der Waals surface area contributed by atoms with Crippen molar-refractivity contribution in [3.8, 4) is 0 Å². The van der Waals surface area contributed by atoms with E-state index in [1.165, 1.54) is 0 Å². The fourth-order valence-electron chi connectivity index (χ4n) is 2.25. The van der Waals surface area contributed by atoms with Crippen molar-refractivity contribution in [3.05, 3.63) is 0 Å². The highest BCUT2D eigenvalue weighted by molar-refractivity contribution is 4.85. The topological polar surface area (TPSA) is 52.9 Å². The number of alkyl halides is 3. The molecule has 1 heterocycles. The minimum Gasteiger partial charge on any atom is -0.396 e. The lowest BCUT2D eigenvalue weighted by atomic mass is 9.80. The molecule has 1 aliphatic rings. The third kappa shape index (κ3) is 5.09. The molecule has 2 N–H and O–H groups in total. The van der Waals surface area contributed by atoms with Crippen molar-refractivity contribution in [3.63, 3.8) is 0 Å². The molecule has 0 saturated carbocycles. The molecule has 0 atom stereocenters. The van der Waals surface area contributed by atoms with Gasteiger partial charge in [0, 0.05) is 31.7 Å². The minimum atomic E-state index is -4.29. The maximum atomic E-state index is 12.4. The highest BCUT2D eigenvalue weighted by Gasteiger charge is 2.37. The molecular formula is C11H20F3NO3. The molecule has 0 bridgehead atoms. The van der Waals surface area contributed by atoms with E-state index in [0.717, 1.165) is 4.90 Å². The molecular weight excluding hydrogens is 251 g/mol. The molecule has 1 fully saturated rings. The molecule has 18 heavy (non-hydrogen) atoms. The van der Waals surface area contributed by atoms with Crippen LogP contribution < -0.4 is 0 Å². The molecule has 0 aliphatic carbocycles. The first kappa shape index (κ1) is 15.7. The molecule has 1 aliphatic heterocycles. The molecule has 0 aromatic rings. The van der Waals surface area contributed by atoms with Crippen molar-refractivity contribution in [1.29, 1.82) is 0 Å². The van der Waals surface area contributed by atoms with E-state index in [0.29, 0.717) is 26.1 Å². The molecule has 7 heteroatoms. The summed E-state index contributed by atoms with van der Waals surface area (Å²) in [5.41, 5.74) is -0.543. The quantitative estimate of drug-likeness (QED) is 0.744. The van der Waals surface area contributed by atoms with Crippen LogP contribution in [-0.2, 0) is 4.74 Å². The summed E-state index contributed by atoms with van der Waals surface area (Å²) in [7, 11) is 0. The first-order valence-corrected chi connectivity index (χ1v) is 5.99. The van der Waals surface area contributed by atoms with Crippen LogP contribution in [0.25, 0.3) is 0 Å². The van der Waals surface area contributed by atoms with Gasteiger partial charge in [-0.2, -0.15) is 13.2 Å². The van der Waals surface area contributed by atoms with Gasteiger partial charge < -0.3 is 14.9 Å². The van der Waals surface area contributed by atoms with Crippen LogP contribution in [0, 0.1) is 5.41 Å². The van der Waals surface area contributed by atoms with Crippen LogP contribution in [0.3, 0.4) is 0 Å². The standard InChI is InChI=1S/C11H20F3NO3/c12-11(13,14)8-15(3-4-16)7-10(9-17)1-5-18-6-2-10/h16-17H,1-9H2. The number of aliphatic hydroxyl groups is 2. The van der Waals surface area contributed by atoms with Gasteiger partial charge in [0.15, 0.2) is 0 Å². The van der Waals surface area contributed by atoms with E-state index < -0.39 is 18.1 Å². The summed E-state index contributed by atoms with van der Waals surface area (Å²) in [5.74, 6) is 0. The summed E-state index contributed by atoms with van der Waals surface area (Å²) in [6.45, 7) is -0.533. The fourth-order valence-corrected chi connectivity index (χ4v) is 2.25. The van der Waals surface area contributed by atoms with Gasteiger partial charge in [0.1, 0.15) is 0 Å². The zero-order chi connectivity index (χ0) is 13.6. The second kappa shape index (κ2) is 6.70. The third-order valence-corrected chi connectivity index (χ3v) is 3.27. The Balaban J connectivity index is 2.62. The van der Waals surface area contributed by atoms with Crippen molar-refractivity contribution in [1.82, 2.24) is 4.90 Å². The van der Waals surface area contributed by atoms with Crippen LogP contribution in [0.1, 0.15) is 12.8 Å². The van der Waals surface area contributed by atoms with E-state index in [9.17, 15) is 18.3 Å². The molecule has 0 unspecified atom stereocenters. The fraction of sp³-hybridized carbons (Fsp3) is 1.00. The molecule has 0 radical (unpaired) electrons. The van der Waals surface area contributed by atoms with Gasteiger partial charge in [0.05, 0.1) is 19.8 Å².